The molecule has 0 spiro atoms. The van der Waals surface area contributed by atoms with Gasteiger partial charge in [0, 0.05) is 14.1 Å². The lowest BCUT2D eigenvalue weighted by molar-refractivity contribution is -0.216. The number of fused-ring (bicyclic) bond motifs is 1. The van der Waals surface area contributed by atoms with Crippen molar-refractivity contribution < 1.29 is 19.1 Å². The summed E-state index contributed by atoms with van der Waals surface area (Å²) in [7, 11) is 3.47. The third-order valence-corrected chi connectivity index (χ3v) is 5.16. The fourth-order valence-corrected chi connectivity index (χ4v) is 4.08. The van der Waals surface area contributed by atoms with Gasteiger partial charge in [-0.2, -0.15) is 0 Å². The van der Waals surface area contributed by atoms with Gasteiger partial charge in [0.1, 0.15) is 0 Å². The summed E-state index contributed by atoms with van der Waals surface area (Å²) in [5, 5.41) is 2.40. The first-order chi connectivity index (χ1) is 10.9. The topological polar surface area (TPSA) is 83.5 Å². The average molecular weight is 324 g/mol. The highest BCUT2D eigenvalue weighted by Gasteiger charge is 2.65. The molecule has 23 heavy (non-hydrogen) atoms. The molecule has 3 amide bonds. The van der Waals surface area contributed by atoms with E-state index in [0.717, 1.165) is 12.8 Å². The number of likely N-dealkylation sites (N-methyl/N-ethyl adjacent to an activating group) is 2. The third-order valence-electron chi connectivity index (χ3n) is 5.16. The minimum atomic E-state index is -1.02. The first-order valence-electron chi connectivity index (χ1n) is 8.00. The standard InChI is InChI=1S/C15H24N4O4/c1-5-6-10(14(2)22-7-8-23-14)15-11(18(3)9-16-15)12(20)17-13(21)19(15)4/h9-11H,5-8H2,1-4H3,(H,17,20,21). The van der Waals surface area contributed by atoms with Gasteiger partial charge >= 0.3 is 6.03 Å². The summed E-state index contributed by atoms with van der Waals surface area (Å²) in [6.45, 7) is 4.94. The zero-order valence-corrected chi connectivity index (χ0v) is 14.0. The summed E-state index contributed by atoms with van der Waals surface area (Å²) < 4.78 is 11.8. The van der Waals surface area contributed by atoms with Crippen LogP contribution in [-0.4, -0.2) is 72.9 Å². The van der Waals surface area contributed by atoms with Crippen molar-refractivity contribution in [3.63, 3.8) is 0 Å². The molecule has 8 heteroatoms. The molecular weight excluding hydrogens is 300 g/mol. The Balaban J connectivity index is 2.11. The molecule has 1 N–H and O–H groups in total. The summed E-state index contributed by atoms with van der Waals surface area (Å²) in [6, 6.07) is -1.03. The van der Waals surface area contributed by atoms with Crippen LogP contribution in [0.3, 0.4) is 0 Å². The van der Waals surface area contributed by atoms with Gasteiger partial charge < -0.3 is 14.4 Å². The first-order valence-corrected chi connectivity index (χ1v) is 8.00. The van der Waals surface area contributed by atoms with Gasteiger partial charge in [-0.25, -0.2) is 9.79 Å². The minimum Gasteiger partial charge on any atom is -0.350 e. The molecule has 3 aliphatic rings. The fraction of sp³-hybridized carbons (Fsp3) is 0.800. The molecule has 0 saturated carbocycles. The van der Waals surface area contributed by atoms with E-state index in [2.05, 4.69) is 17.2 Å². The van der Waals surface area contributed by atoms with Gasteiger partial charge in [0.15, 0.2) is 17.5 Å². The number of amides is 3. The van der Waals surface area contributed by atoms with Crippen molar-refractivity contribution in [2.24, 2.45) is 10.9 Å². The number of ether oxygens (including phenoxy) is 2. The molecule has 0 aromatic rings. The first kappa shape index (κ1) is 16.2. The fourth-order valence-electron chi connectivity index (χ4n) is 4.08. The summed E-state index contributed by atoms with van der Waals surface area (Å²) in [5.74, 6) is -1.47. The van der Waals surface area contributed by atoms with Crippen LogP contribution in [0.15, 0.2) is 4.99 Å². The number of hydrogen-bond donors (Lipinski definition) is 1. The molecule has 2 fully saturated rings. The van der Waals surface area contributed by atoms with Crippen molar-refractivity contribution in [1.29, 1.82) is 0 Å². The Kier molecular flexibility index (Phi) is 3.84. The number of carbonyl (C=O) groups is 2. The van der Waals surface area contributed by atoms with E-state index >= 15 is 0 Å². The molecule has 0 radical (unpaired) electrons. The van der Waals surface area contributed by atoms with Gasteiger partial charge in [0.2, 0.25) is 0 Å². The maximum atomic E-state index is 12.5. The average Bonchev–Trinajstić information content (AvgIpc) is 3.08. The monoisotopic (exact) mass is 324 g/mol. The third kappa shape index (κ3) is 2.15. The maximum Gasteiger partial charge on any atom is 0.325 e. The minimum absolute atomic E-state index is 0.256. The number of nitrogens with one attached hydrogen (secondary N) is 1. The van der Waals surface area contributed by atoms with E-state index in [1.807, 2.05) is 6.92 Å². The van der Waals surface area contributed by atoms with Crippen molar-refractivity contribution >= 4 is 18.3 Å². The van der Waals surface area contributed by atoms with Gasteiger partial charge in [-0.15, -0.1) is 0 Å². The van der Waals surface area contributed by atoms with Crippen LogP contribution in [0.25, 0.3) is 0 Å². The highest BCUT2D eigenvalue weighted by atomic mass is 16.7. The zero-order chi connectivity index (χ0) is 16.8. The molecule has 3 unspecified atom stereocenters. The molecule has 0 bridgehead atoms. The summed E-state index contributed by atoms with van der Waals surface area (Å²) >= 11 is 0. The lowest BCUT2D eigenvalue weighted by Crippen LogP contribution is -2.74. The lowest BCUT2D eigenvalue weighted by Gasteiger charge is -2.52. The summed E-state index contributed by atoms with van der Waals surface area (Å²) in [4.78, 5) is 32.7. The Morgan fingerprint density at radius 2 is 2.04 bits per heavy atom. The normalized spacial score (nSPS) is 33.8. The predicted octanol–water partition coefficient (Wildman–Crippen LogP) is 0.386. The van der Waals surface area contributed by atoms with Gasteiger partial charge in [0.05, 0.1) is 25.5 Å². The van der Waals surface area contributed by atoms with Crippen molar-refractivity contribution in [3.05, 3.63) is 0 Å². The van der Waals surface area contributed by atoms with Gasteiger partial charge in [0.25, 0.3) is 5.91 Å². The Morgan fingerprint density at radius 3 is 2.65 bits per heavy atom. The van der Waals surface area contributed by atoms with E-state index in [0.29, 0.717) is 13.2 Å². The smallest absolute Gasteiger partial charge is 0.325 e. The Hall–Kier alpha value is -1.67. The Morgan fingerprint density at radius 1 is 1.39 bits per heavy atom. The molecule has 3 aliphatic heterocycles. The van der Waals surface area contributed by atoms with Crippen LogP contribution in [-0.2, 0) is 14.3 Å². The summed E-state index contributed by atoms with van der Waals surface area (Å²) in [6.07, 6.45) is 3.22. The zero-order valence-electron chi connectivity index (χ0n) is 14.0. The molecule has 128 valence electrons. The SMILES string of the molecule is CCCC(C1(C)OCCO1)C12N=CN(C)C1C(=O)NC(=O)N2C. The highest BCUT2D eigenvalue weighted by Crippen LogP contribution is 2.47. The Bertz CT molecular complexity index is 546. The summed E-state index contributed by atoms with van der Waals surface area (Å²) in [5.41, 5.74) is -1.02. The predicted molar refractivity (Wildman–Crippen MR) is 82.8 cm³/mol. The number of aliphatic imine (C=N–C) groups is 1. The van der Waals surface area contributed by atoms with Crippen LogP contribution in [0.1, 0.15) is 26.7 Å². The number of hydrogen-bond acceptors (Lipinski definition) is 6. The van der Waals surface area contributed by atoms with Crippen molar-refractivity contribution in [2.45, 2.75) is 44.2 Å². The number of nitrogens with zero attached hydrogens (tertiary/aromatic N) is 3. The molecule has 8 nitrogen and oxygen atoms in total. The van der Waals surface area contributed by atoms with E-state index in [4.69, 9.17) is 9.47 Å². The van der Waals surface area contributed by atoms with Gasteiger partial charge in [-0.05, 0) is 13.3 Å². The van der Waals surface area contributed by atoms with Crippen LogP contribution < -0.4 is 5.32 Å². The van der Waals surface area contributed by atoms with Gasteiger partial charge in [-0.3, -0.25) is 15.0 Å². The maximum absolute atomic E-state index is 12.5. The lowest BCUT2D eigenvalue weighted by atomic mass is 9.76. The molecule has 3 rings (SSSR count). The molecular formula is C15H24N4O4. The Labute approximate surface area is 135 Å². The molecule has 0 aromatic heterocycles. The van der Waals surface area contributed by atoms with Gasteiger partial charge in [-0.1, -0.05) is 13.3 Å². The van der Waals surface area contributed by atoms with Crippen molar-refractivity contribution in [1.82, 2.24) is 15.1 Å². The quantitative estimate of drug-likeness (QED) is 0.808. The molecule has 2 saturated heterocycles. The number of carbonyl (C=O) groups excluding carboxylic acids is 2. The molecule has 0 aliphatic carbocycles. The van der Waals surface area contributed by atoms with Crippen LogP contribution >= 0.6 is 0 Å². The largest absolute Gasteiger partial charge is 0.350 e. The second-order valence-electron chi connectivity index (χ2n) is 6.50. The number of urea groups is 1. The van der Waals surface area contributed by atoms with Crippen LogP contribution in [0.5, 0.6) is 0 Å². The highest BCUT2D eigenvalue weighted by molar-refractivity contribution is 6.03. The molecule has 3 atom stereocenters. The van der Waals surface area contributed by atoms with E-state index in [1.165, 1.54) is 4.90 Å². The molecule has 0 aromatic carbocycles. The van der Waals surface area contributed by atoms with E-state index in [9.17, 15) is 9.59 Å². The van der Waals surface area contributed by atoms with E-state index < -0.39 is 23.5 Å². The van der Waals surface area contributed by atoms with Crippen LogP contribution in [0, 0.1) is 5.92 Å². The second-order valence-corrected chi connectivity index (χ2v) is 6.50. The van der Waals surface area contributed by atoms with Crippen LogP contribution in [0.2, 0.25) is 0 Å². The van der Waals surface area contributed by atoms with Crippen molar-refractivity contribution in [2.75, 3.05) is 27.3 Å². The van der Waals surface area contributed by atoms with E-state index in [-0.39, 0.29) is 11.8 Å². The molecule has 3 heterocycles. The number of imide groups is 1. The second kappa shape index (κ2) is 5.45. The van der Waals surface area contributed by atoms with Crippen molar-refractivity contribution in [3.8, 4) is 0 Å². The number of rotatable bonds is 4. The van der Waals surface area contributed by atoms with Crippen LogP contribution in [0.4, 0.5) is 4.79 Å². The van der Waals surface area contributed by atoms with E-state index in [1.54, 1.807) is 25.3 Å².